The molecule has 0 aromatic heterocycles. The van der Waals surface area contributed by atoms with E-state index in [1.54, 1.807) is 11.8 Å². The zero-order valence-electron chi connectivity index (χ0n) is 15.0. The third kappa shape index (κ3) is 5.05. The molecule has 0 saturated carbocycles. The van der Waals surface area contributed by atoms with Gasteiger partial charge in [0.1, 0.15) is 6.04 Å². The number of fused-ring (bicyclic) bond motifs is 1. The topological polar surface area (TPSA) is 86.7 Å². The fourth-order valence-electron chi connectivity index (χ4n) is 3.14. The van der Waals surface area contributed by atoms with Gasteiger partial charge in [0.2, 0.25) is 11.8 Å². The Bertz CT molecular complexity index is 657. The van der Waals surface area contributed by atoms with E-state index >= 15 is 0 Å². The Labute approximate surface area is 148 Å². The van der Waals surface area contributed by atoms with Crippen LogP contribution in [0.5, 0.6) is 0 Å². The average Bonchev–Trinajstić information content (AvgIpc) is 2.52. The summed E-state index contributed by atoms with van der Waals surface area (Å²) in [5, 5.41) is 11.6. The highest BCUT2D eigenvalue weighted by atomic mass is 16.4. The number of nitrogens with one attached hydrogen (secondary N) is 1. The van der Waals surface area contributed by atoms with Gasteiger partial charge < -0.3 is 15.3 Å². The van der Waals surface area contributed by atoms with Crippen molar-refractivity contribution in [2.75, 3.05) is 0 Å². The van der Waals surface area contributed by atoms with Crippen LogP contribution in [0.15, 0.2) is 24.3 Å². The fourth-order valence-corrected chi connectivity index (χ4v) is 3.14. The summed E-state index contributed by atoms with van der Waals surface area (Å²) < 4.78 is 0. The number of carbonyl (C=O) groups excluding carboxylic acids is 2. The Morgan fingerprint density at radius 1 is 1.16 bits per heavy atom. The highest BCUT2D eigenvalue weighted by Crippen LogP contribution is 2.25. The summed E-state index contributed by atoms with van der Waals surface area (Å²) in [5.74, 6) is -1.09. The lowest BCUT2D eigenvalue weighted by Crippen LogP contribution is -2.54. The van der Waals surface area contributed by atoms with Gasteiger partial charge in [-0.15, -0.1) is 0 Å². The second kappa shape index (κ2) is 8.14. The summed E-state index contributed by atoms with van der Waals surface area (Å²) in [7, 11) is 0. The van der Waals surface area contributed by atoms with E-state index in [0.717, 1.165) is 11.1 Å². The van der Waals surface area contributed by atoms with Crippen LogP contribution in [0, 0.1) is 5.92 Å². The Hall–Kier alpha value is -2.37. The molecule has 0 spiro atoms. The van der Waals surface area contributed by atoms with Crippen molar-refractivity contribution < 1.29 is 19.5 Å². The minimum absolute atomic E-state index is 0.0458. The second-order valence-electron chi connectivity index (χ2n) is 7.12. The molecule has 2 amide bonds. The molecule has 1 aromatic rings. The molecule has 0 bridgehead atoms. The summed E-state index contributed by atoms with van der Waals surface area (Å²) in [6.45, 7) is 6.01. The molecule has 1 aromatic carbocycles. The number of benzene rings is 1. The van der Waals surface area contributed by atoms with Crippen LogP contribution in [0.3, 0.4) is 0 Å². The largest absolute Gasteiger partial charge is 0.481 e. The molecule has 136 valence electrons. The second-order valence-corrected chi connectivity index (χ2v) is 7.12. The molecule has 2 unspecified atom stereocenters. The van der Waals surface area contributed by atoms with Crippen molar-refractivity contribution in [3.8, 4) is 0 Å². The van der Waals surface area contributed by atoms with Crippen molar-refractivity contribution in [1.29, 1.82) is 0 Å². The predicted octanol–water partition coefficient (Wildman–Crippen LogP) is 1.97. The van der Waals surface area contributed by atoms with Crippen molar-refractivity contribution in [1.82, 2.24) is 10.2 Å². The number of amides is 2. The first-order valence-electron chi connectivity index (χ1n) is 8.66. The van der Waals surface area contributed by atoms with Crippen molar-refractivity contribution >= 4 is 17.8 Å². The molecule has 2 rings (SSSR count). The summed E-state index contributed by atoms with van der Waals surface area (Å²) in [5.41, 5.74) is 2.12. The zero-order valence-corrected chi connectivity index (χ0v) is 15.0. The number of hydrogen-bond donors (Lipinski definition) is 2. The molecular weight excluding hydrogens is 320 g/mol. The minimum Gasteiger partial charge on any atom is -0.481 e. The Balaban J connectivity index is 2.20. The van der Waals surface area contributed by atoms with E-state index in [4.69, 9.17) is 5.11 Å². The van der Waals surface area contributed by atoms with Crippen molar-refractivity contribution in [3.05, 3.63) is 35.4 Å². The van der Waals surface area contributed by atoms with Crippen molar-refractivity contribution in [3.63, 3.8) is 0 Å². The monoisotopic (exact) mass is 346 g/mol. The Kier molecular flexibility index (Phi) is 6.17. The van der Waals surface area contributed by atoms with Crippen LogP contribution >= 0.6 is 0 Å². The number of nitrogens with zero attached hydrogens (tertiary/aromatic N) is 1. The lowest BCUT2D eigenvalue weighted by atomic mass is 9.92. The highest BCUT2D eigenvalue weighted by molar-refractivity contribution is 5.89. The number of carbonyl (C=O) groups is 3. The molecule has 0 aliphatic carbocycles. The number of carboxylic acids is 1. The van der Waals surface area contributed by atoms with Crippen LogP contribution in [-0.4, -0.2) is 39.9 Å². The van der Waals surface area contributed by atoms with Crippen LogP contribution in [0.1, 0.15) is 44.7 Å². The first-order valence-corrected chi connectivity index (χ1v) is 8.66. The first kappa shape index (κ1) is 19.0. The molecule has 2 N–H and O–H groups in total. The van der Waals surface area contributed by atoms with Gasteiger partial charge in [-0.2, -0.15) is 0 Å². The lowest BCUT2D eigenvalue weighted by Gasteiger charge is -2.37. The fraction of sp³-hybridized carbons (Fsp3) is 0.526. The van der Waals surface area contributed by atoms with Gasteiger partial charge in [0.05, 0.1) is 6.42 Å². The highest BCUT2D eigenvalue weighted by Gasteiger charge is 2.35. The van der Waals surface area contributed by atoms with Crippen LogP contribution in [0.2, 0.25) is 0 Å². The number of hydrogen-bond acceptors (Lipinski definition) is 3. The normalized spacial score (nSPS) is 17.8. The van der Waals surface area contributed by atoms with Crippen molar-refractivity contribution in [2.45, 2.75) is 58.7 Å². The van der Waals surface area contributed by atoms with Gasteiger partial charge in [-0.3, -0.25) is 14.4 Å². The van der Waals surface area contributed by atoms with E-state index in [1.165, 1.54) is 0 Å². The minimum atomic E-state index is -0.963. The molecule has 6 nitrogen and oxygen atoms in total. The third-order valence-electron chi connectivity index (χ3n) is 4.32. The van der Waals surface area contributed by atoms with Gasteiger partial charge in [-0.1, -0.05) is 38.1 Å². The maximum Gasteiger partial charge on any atom is 0.305 e. The Morgan fingerprint density at radius 3 is 2.40 bits per heavy atom. The molecule has 0 saturated heterocycles. The molecule has 1 aliphatic heterocycles. The van der Waals surface area contributed by atoms with Crippen molar-refractivity contribution in [2.24, 2.45) is 5.92 Å². The zero-order chi connectivity index (χ0) is 18.6. The van der Waals surface area contributed by atoms with E-state index in [2.05, 4.69) is 5.32 Å². The average molecular weight is 346 g/mol. The van der Waals surface area contributed by atoms with Crippen LogP contribution < -0.4 is 5.32 Å². The van der Waals surface area contributed by atoms with Gasteiger partial charge in [0.15, 0.2) is 0 Å². The first-order chi connectivity index (χ1) is 11.8. The Morgan fingerprint density at radius 2 is 1.80 bits per heavy atom. The standard InChI is InChI=1S/C19H26N2O4/c1-12(2)8-17(22)21-11-15-7-5-4-6-14(15)10-16(21)19(25)20-13(3)9-18(23)24/h4-7,12-13,16H,8-11H2,1-3H3,(H,20,25)(H,23,24). The summed E-state index contributed by atoms with van der Waals surface area (Å²) in [6.07, 6.45) is 0.692. The van der Waals surface area contributed by atoms with Crippen LogP contribution in [0.4, 0.5) is 0 Å². The number of aliphatic carboxylic acids is 1. The molecule has 25 heavy (non-hydrogen) atoms. The molecule has 2 atom stereocenters. The number of carboxylic acid groups (broad SMARTS) is 1. The SMILES string of the molecule is CC(C)CC(=O)N1Cc2ccccc2CC1C(=O)NC(C)CC(=O)O. The van der Waals surface area contributed by atoms with Gasteiger partial charge in [-0.05, 0) is 24.0 Å². The van der Waals surface area contributed by atoms with E-state index in [1.807, 2.05) is 38.1 Å². The molecule has 1 heterocycles. The van der Waals surface area contributed by atoms with E-state index in [9.17, 15) is 14.4 Å². The third-order valence-corrected chi connectivity index (χ3v) is 4.32. The molecule has 0 fully saturated rings. The van der Waals surface area contributed by atoms with Gasteiger partial charge in [0, 0.05) is 25.4 Å². The summed E-state index contributed by atoms with van der Waals surface area (Å²) in [6, 6.07) is 6.72. The smallest absolute Gasteiger partial charge is 0.305 e. The maximum absolute atomic E-state index is 12.7. The maximum atomic E-state index is 12.7. The summed E-state index contributed by atoms with van der Waals surface area (Å²) >= 11 is 0. The predicted molar refractivity (Wildman–Crippen MR) is 93.8 cm³/mol. The van der Waals surface area contributed by atoms with Gasteiger partial charge in [-0.25, -0.2) is 0 Å². The quantitative estimate of drug-likeness (QED) is 0.824. The lowest BCUT2D eigenvalue weighted by molar-refractivity contribution is -0.143. The molecular formula is C19H26N2O4. The number of rotatable bonds is 6. The van der Waals surface area contributed by atoms with Gasteiger partial charge >= 0.3 is 5.97 Å². The summed E-state index contributed by atoms with van der Waals surface area (Å²) in [4.78, 5) is 37.8. The molecule has 1 aliphatic rings. The van der Waals surface area contributed by atoms with E-state index in [0.29, 0.717) is 19.4 Å². The van der Waals surface area contributed by atoms with E-state index < -0.39 is 18.1 Å². The van der Waals surface area contributed by atoms with Crippen LogP contribution in [0.25, 0.3) is 0 Å². The van der Waals surface area contributed by atoms with Crippen LogP contribution in [-0.2, 0) is 27.3 Å². The van der Waals surface area contributed by atoms with Gasteiger partial charge in [0.25, 0.3) is 0 Å². The van der Waals surface area contributed by atoms with E-state index in [-0.39, 0.29) is 24.2 Å². The molecule has 0 radical (unpaired) electrons. The molecule has 6 heteroatoms.